The third kappa shape index (κ3) is 7.19. The molecule has 0 radical (unpaired) electrons. The molecule has 1 N–H and O–H groups in total. The van der Waals surface area contributed by atoms with E-state index in [1.807, 2.05) is 0 Å². The minimum atomic E-state index is -6.62. The van der Waals surface area contributed by atoms with Gasteiger partial charge in [0.2, 0.25) is 0 Å². The number of nitrogens with one attached hydrogen (secondary N) is 1. The summed E-state index contributed by atoms with van der Waals surface area (Å²) in [4.78, 5) is 29.3. The molecular formula is C25H13F13IN3O3. The molecule has 0 aliphatic heterocycles. The summed E-state index contributed by atoms with van der Waals surface area (Å²) in [6, 6.07) is 3.53. The van der Waals surface area contributed by atoms with E-state index < -0.39 is 91.5 Å². The summed E-state index contributed by atoms with van der Waals surface area (Å²) in [5, 5.41) is 1.80. The predicted octanol–water partition coefficient (Wildman–Crippen LogP) is 8.26. The number of benzene rings is 2. The van der Waals surface area contributed by atoms with Crippen LogP contribution in [0.5, 0.6) is 5.75 Å². The molecule has 45 heavy (non-hydrogen) atoms. The maximum Gasteiger partial charge on any atom is 0.435 e. The van der Waals surface area contributed by atoms with Crippen LogP contribution < -0.4 is 15.0 Å². The van der Waals surface area contributed by atoms with Crippen molar-refractivity contribution >= 4 is 45.8 Å². The largest absolute Gasteiger partial charge is 0.435 e. The minimum absolute atomic E-state index is 0.0488. The van der Waals surface area contributed by atoms with Gasteiger partial charge < -0.3 is 15.0 Å². The molecule has 2 aromatic carbocycles. The molecular weight excluding hydrogens is 764 g/mol. The van der Waals surface area contributed by atoms with Gasteiger partial charge in [-0.15, -0.1) is 0 Å². The van der Waals surface area contributed by atoms with Gasteiger partial charge in [-0.1, -0.05) is 6.07 Å². The molecule has 6 nitrogen and oxygen atoms in total. The summed E-state index contributed by atoms with van der Waals surface area (Å²) in [6.45, 7) is -3.91. The molecule has 0 aliphatic carbocycles. The number of alkyl halides is 12. The Kier molecular flexibility index (Phi) is 9.90. The normalized spacial score (nSPS) is 12.7. The molecule has 0 fully saturated rings. The van der Waals surface area contributed by atoms with Gasteiger partial charge in [-0.2, -0.15) is 48.3 Å². The molecule has 20 heteroatoms. The van der Waals surface area contributed by atoms with Crippen molar-refractivity contribution < 1.29 is 71.4 Å². The van der Waals surface area contributed by atoms with Gasteiger partial charge in [0.1, 0.15) is 5.69 Å². The Balaban J connectivity index is 2.01. The number of nitrogens with zero attached hydrogens (tertiary/aromatic N) is 2. The Morgan fingerprint density at radius 2 is 1.53 bits per heavy atom. The second-order valence-corrected chi connectivity index (χ2v) is 9.91. The Labute approximate surface area is 256 Å². The molecule has 0 spiro atoms. The van der Waals surface area contributed by atoms with E-state index in [1.54, 1.807) is 5.32 Å². The minimum Gasteiger partial charge on any atom is -0.433 e. The average molecular weight is 777 g/mol. The first kappa shape index (κ1) is 35.6. The lowest BCUT2D eigenvalue weighted by molar-refractivity contribution is -0.348. The SMILES string of the molecule is CN(C(=O)c1ccc(C(F)(F)F)nc1)c1cccc(C(=O)Nc2c(I)cc(C(F)(C(F)(F)F)C(F)(F)F)cc2OC(F)F)c1F. The van der Waals surface area contributed by atoms with Crippen LogP contribution in [0.4, 0.5) is 68.5 Å². The highest BCUT2D eigenvalue weighted by Gasteiger charge is 2.73. The van der Waals surface area contributed by atoms with Gasteiger partial charge in [0, 0.05) is 22.4 Å². The molecule has 3 aromatic rings. The van der Waals surface area contributed by atoms with Crippen molar-refractivity contribution in [1.82, 2.24) is 4.98 Å². The molecule has 1 heterocycles. The van der Waals surface area contributed by atoms with Crippen LogP contribution in [0.15, 0.2) is 48.7 Å². The zero-order valence-corrected chi connectivity index (χ0v) is 23.8. The van der Waals surface area contributed by atoms with E-state index in [4.69, 9.17) is 0 Å². The van der Waals surface area contributed by atoms with Crippen LogP contribution >= 0.6 is 22.6 Å². The number of pyridine rings is 1. The highest BCUT2D eigenvalue weighted by Crippen LogP contribution is 2.54. The van der Waals surface area contributed by atoms with E-state index in [2.05, 4.69) is 9.72 Å². The highest BCUT2D eigenvalue weighted by atomic mass is 127. The lowest BCUT2D eigenvalue weighted by atomic mass is 9.93. The van der Waals surface area contributed by atoms with Crippen molar-refractivity contribution in [1.29, 1.82) is 0 Å². The molecule has 1 aromatic heterocycles. The standard InChI is InChI=1S/C25H13F13IN3O3/c1-42(20(44)10-5-6-16(40-9-10)23(30,31)32)14-4-2-3-12(17(14)26)19(43)41-18-13(39)7-11(8-15(18)45-21(27)28)22(29,24(33,34)35)25(36,37)38/h2-9,21H,1H3,(H,41,43). The lowest BCUT2D eigenvalue weighted by Crippen LogP contribution is -2.50. The maximum atomic E-state index is 15.4. The van der Waals surface area contributed by atoms with Crippen LogP contribution in [0, 0.1) is 9.39 Å². The summed E-state index contributed by atoms with van der Waals surface area (Å²) < 4.78 is 177. The number of aromatic nitrogens is 1. The number of ether oxygens (including phenoxy) is 1. The molecule has 0 aliphatic rings. The fourth-order valence-corrected chi connectivity index (χ4v) is 4.44. The number of carbonyl (C=O) groups is 2. The Hall–Kier alpha value is -3.85. The Morgan fingerprint density at radius 1 is 0.933 bits per heavy atom. The molecule has 3 rings (SSSR count). The molecule has 2 amide bonds. The summed E-state index contributed by atoms with van der Waals surface area (Å²) in [5.41, 5.74) is -12.6. The maximum absolute atomic E-state index is 15.4. The number of hydrogen-bond donors (Lipinski definition) is 1. The fraction of sp³-hybridized carbons (Fsp3) is 0.240. The van der Waals surface area contributed by atoms with Crippen LogP contribution in [0.3, 0.4) is 0 Å². The van der Waals surface area contributed by atoms with Gasteiger partial charge in [0.15, 0.2) is 11.6 Å². The third-order valence-electron chi connectivity index (χ3n) is 5.88. The van der Waals surface area contributed by atoms with Crippen molar-refractivity contribution in [2.75, 3.05) is 17.3 Å². The summed E-state index contributed by atoms with van der Waals surface area (Å²) >= 11 is 0.992. The van der Waals surface area contributed by atoms with E-state index >= 15 is 4.39 Å². The van der Waals surface area contributed by atoms with Gasteiger partial charge in [-0.3, -0.25) is 14.6 Å². The number of amides is 2. The summed E-state index contributed by atoms with van der Waals surface area (Å²) in [5.74, 6) is -5.68. The van der Waals surface area contributed by atoms with Crippen LogP contribution in [-0.4, -0.2) is 42.8 Å². The van der Waals surface area contributed by atoms with Crippen molar-refractivity contribution in [3.8, 4) is 5.75 Å². The number of halogens is 14. The first-order valence-corrected chi connectivity index (χ1v) is 12.6. The first-order valence-electron chi connectivity index (χ1n) is 11.5. The summed E-state index contributed by atoms with van der Waals surface area (Å²) in [7, 11) is 0.959. The lowest BCUT2D eigenvalue weighted by Gasteiger charge is -2.31. The first-order chi connectivity index (χ1) is 20.5. The molecule has 0 saturated carbocycles. The Morgan fingerprint density at radius 3 is 2.02 bits per heavy atom. The topological polar surface area (TPSA) is 71.5 Å². The number of hydrogen-bond acceptors (Lipinski definition) is 4. The monoisotopic (exact) mass is 777 g/mol. The molecule has 244 valence electrons. The predicted molar refractivity (Wildman–Crippen MR) is 137 cm³/mol. The van der Waals surface area contributed by atoms with Crippen molar-refractivity contribution in [3.63, 3.8) is 0 Å². The molecule has 0 atom stereocenters. The quantitative estimate of drug-likeness (QED) is 0.194. The third-order valence-corrected chi connectivity index (χ3v) is 6.73. The fourth-order valence-electron chi connectivity index (χ4n) is 3.70. The van der Waals surface area contributed by atoms with Gasteiger partial charge in [0.25, 0.3) is 11.8 Å². The van der Waals surface area contributed by atoms with E-state index in [-0.39, 0.29) is 12.1 Å². The van der Waals surface area contributed by atoms with Crippen LogP contribution in [0.25, 0.3) is 0 Å². The van der Waals surface area contributed by atoms with Crippen molar-refractivity contribution in [2.24, 2.45) is 0 Å². The number of rotatable bonds is 7. The zero-order valence-electron chi connectivity index (χ0n) is 21.6. The van der Waals surface area contributed by atoms with Crippen molar-refractivity contribution in [2.45, 2.75) is 30.8 Å². The van der Waals surface area contributed by atoms with Crippen LogP contribution in [-0.2, 0) is 11.8 Å². The van der Waals surface area contributed by atoms with E-state index in [0.29, 0.717) is 17.2 Å². The average Bonchev–Trinajstić information content (AvgIpc) is 2.91. The molecule has 0 bridgehead atoms. The second-order valence-electron chi connectivity index (χ2n) is 8.75. The van der Waals surface area contributed by atoms with Crippen LogP contribution in [0.2, 0.25) is 0 Å². The van der Waals surface area contributed by atoms with Crippen LogP contribution in [0.1, 0.15) is 32.0 Å². The van der Waals surface area contributed by atoms with Gasteiger partial charge >= 0.3 is 30.8 Å². The van der Waals surface area contributed by atoms with Gasteiger partial charge in [0.05, 0.1) is 22.5 Å². The second kappa shape index (κ2) is 12.5. The molecule has 0 unspecified atom stereocenters. The number of carbonyl (C=O) groups excluding carboxylic acids is 2. The van der Waals surface area contributed by atoms with Gasteiger partial charge in [-0.25, -0.2) is 8.78 Å². The molecule has 0 saturated heterocycles. The van der Waals surface area contributed by atoms with E-state index in [1.165, 1.54) is 0 Å². The number of anilines is 2. The van der Waals surface area contributed by atoms with E-state index in [9.17, 15) is 62.3 Å². The summed E-state index contributed by atoms with van der Waals surface area (Å²) in [6.07, 6.45) is -17.5. The zero-order chi connectivity index (χ0) is 34.3. The smallest absolute Gasteiger partial charge is 0.433 e. The van der Waals surface area contributed by atoms with E-state index in [0.717, 1.165) is 53.9 Å². The van der Waals surface area contributed by atoms with Crippen molar-refractivity contribution in [3.05, 3.63) is 80.4 Å². The van der Waals surface area contributed by atoms with Gasteiger partial charge in [-0.05, 0) is 59.0 Å². The highest BCUT2D eigenvalue weighted by molar-refractivity contribution is 14.1. The Bertz CT molecular complexity index is 1580.